The Morgan fingerprint density at radius 3 is 2.38 bits per heavy atom. The van der Waals surface area contributed by atoms with Gasteiger partial charge >= 0.3 is 11.9 Å². The van der Waals surface area contributed by atoms with Crippen molar-refractivity contribution in [2.45, 2.75) is 50.7 Å². The molecule has 0 unspecified atom stereocenters. The number of hydrogen-bond acceptors (Lipinski definition) is 4. The van der Waals surface area contributed by atoms with Crippen LogP contribution in [-0.4, -0.2) is 58.3 Å². The SMILES string of the molecule is O=C(O)[C@@H]1CC[C@@H](C(=O)O)N(C(=O)C[C@@H]2CCCCO2)C1. The summed E-state index contributed by atoms with van der Waals surface area (Å²) in [6, 6.07) is -0.920. The summed E-state index contributed by atoms with van der Waals surface area (Å²) in [5.74, 6) is -3.06. The lowest BCUT2D eigenvalue weighted by molar-refractivity contribution is -0.158. The first-order valence-corrected chi connectivity index (χ1v) is 7.35. The maximum Gasteiger partial charge on any atom is 0.326 e. The number of aliphatic carboxylic acids is 2. The van der Waals surface area contributed by atoms with Crippen LogP contribution in [0.15, 0.2) is 0 Å². The normalized spacial score (nSPS) is 29.9. The molecule has 0 spiro atoms. The number of likely N-dealkylation sites (tertiary alicyclic amines) is 1. The van der Waals surface area contributed by atoms with Crippen LogP contribution in [0.3, 0.4) is 0 Å². The Morgan fingerprint density at radius 2 is 1.81 bits per heavy atom. The molecule has 0 aromatic rings. The molecule has 2 fully saturated rings. The maximum atomic E-state index is 12.3. The maximum absolute atomic E-state index is 12.3. The molecule has 1 amide bonds. The van der Waals surface area contributed by atoms with Gasteiger partial charge in [0.25, 0.3) is 0 Å². The minimum absolute atomic E-state index is 0.0299. The summed E-state index contributed by atoms with van der Waals surface area (Å²) in [6.45, 7) is 0.593. The van der Waals surface area contributed by atoms with Gasteiger partial charge in [0, 0.05) is 13.2 Å². The molecule has 3 atom stereocenters. The Labute approximate surface area is 122 Å². The molecule has 118 valence electrons. The number of hydrogen-bond donors (Lipinski definition) is 2. The van der Waals surface area contributed by atoms with E-state index in [1.54, 1.807) is 0 Å². The Hall–Kier alpha value is -1.63. The molecule has 0 aromatic carbocycles. The third-order valence-corrected chi connectivity index (χ3v) is 4.21. The topological polar surface area (TPSA) is 104 Å². The number of piperidine rings is 1. The number of ether oxygens (including phenoxy) is 1. The van der Waals surface area contributed by atoms with Gasteiger partial charge in [-0.05, 0) is 32.1 Å². The first kappa shape index (κ1) is 15.8. The predicted octanol–water partition coefficient (Wildman–Crippen LogP) is 0.722. The first-order valence-electron chi connectivity index (χ1n) is 7.35. The molecule has 0 radical (unpaired) electrons. The number of carbonyl (C=O) groups is 3. The number of carbonyl (C=O) groups excluding carboxylic acids is 1. The second-order valence-corrected chi connectivity index (χ2v) is 5.71. The van der Waals surface area contributed by atoms with Crippen molar-refractivity contribution >= 4 is 17.8 Å². The smallest absolute Gasteiger partial charge is 0.326 e. The molecule has 0 bridgehead atoms. The lowest BCUT2D eigenvalue weighted by Gasteiger charge is -2.37. The van der Waals surface area contributed by atoms with Gasteiger partial charge in [-0.2, -0.15) is 0 Å². The van der Waals surface area contributed by atoms with Crippen LogP contribution in [0.2, 0.25) is 0 Å². The standard InChI is InChI=1S/C14H21NO6/c16-12(7-10-3-1-2-6-21-10)15-8-9(13(17)18)4-5-11(15)14(19)20/h9-11H,1-8H2,(H,17,18)(H,19,20)/t9-,10+,11+/m1/s1. The summed E-state index contributed by atoms with van der Waals surface area (Å²) in [7, 11) is 0. The van der Waals surface area contributed by atoms with Crippen LogP contribution in [0.25, 0.3) is 0 Å². The van der Waals surface area contributed by atoms with E-state index in [-0.39, 0.29) is 37.8 Å². The van der Waals surface area contributed by atoms with Crippen molar-refractivity contribution in [3.8, 4) is 0 Å². The predicted molar refractivity (Wildman–Crippen MR) is 71.7 cm³/mol. The summed E-state index contributed by atoms with van der Waals surface area (Å²) < 4.78 is 5.50. The van der Waals surface area contributed by atoms with Crippen molar-refractivity contribution in [1.82, 2.24) is 4.90 Å². The Morgan fingerprint density at radius 1 is 1.05 bits per heavy atom. The monoisotopic (exact) mass is 299 g/mol. The quantitative estimate of drug-likeness (QED) is 0.792. The van der Waals surface area contributed by atoms with Crippen LogP contribution in [0.4, 0.5) is 0 Å². The highest BCUT2D eigenvalue weighted by Crippen LogP contribution is 2.25. The highest BCUT2D eigenvalue weighted by Gasteiger charge is 2.38. The van der Waals surface area contributed by atoms with E-state index in [2.05, 4.69) is 0 Å². The van der Waals surface area contributed by atoms with Gasteiger partial charge in [-0.1, -0.05) is 0 Å². The molecule has 2 aliphatic heterocycles. The molecule has 2 heterocycles. The molecule has 2 aliphatic rings. The zero-order valence-electron chi connectivity index (χ0n) is 11.9. The summed E-state index contributed by atoms with van der Waals surface area (Å²) in [6.07, 6.45) is 3.20. The van der Waals surface area contributed by atoms with Gasteiger partial charge in [-0.25, -0.2) is 4.79 Å². The fourth-order valence-electron chi connectivity index (χ4n) is 2.99. The molecule has 2 N–H and O–H groups in total. The van der Waals surface area contributed by atoms with Gasteiger partial charge in [0.05, 0.1) is 18.4 Å². The lowest BCUT2D eigenvalue weighted by Crippen LogP contribution is -2.52. The Balaban J connectivity index is 2.01. The third-order valence-electron chi connectivity index (χ3n) is 4.21. The first-order chi connectivity index (χ1) is 9.99. The summed E-state index contributed by atoms with van der Waals surface area (Å²) >= 11 is 0. The van der Waals surface area contributed by atoms with Crippen molar-refractivity contribution in [2.75, 3.05) is 13.2 Å². The highest BCUT2D eigenvalue weighted by atomic mass is 16.5. The zero-order valence-corrected chi connectivity index (χ0v) is 11.9. The van der Waals surface area contributed by atoms with Gasteiger partial charge in [-0.15, -0.1) is 0 Å². The van der Waals surface area contributed by atoms with Crippen LogP contribution in [0.1, 0.15) is 38.5 Å². The van der Waals surface area contributed by atoms with E-state index in [0.29, 0.717) is 6.61 Å². The Bertz CT molecular complexity index is 418. The van der Waals surface area contributed by atoms with Crippen molar-refractivity contribution in [2.24, 2.45) is 5.92 Å². The minimum atomic E-state index is -1.07. The van der Waals surface area contributed by atoms with Gasteiger partial charge in [0.2, 0.25) is 5.91 Å². The number of carboxylic acids is 2. The second kappa shape index (κ2) is 6.89. The van der Waals surface area contributed by atoms with E-state index in [1.807, 2.05) is 0 Å². The van der Waals surface area contributed by atoms with Crippen LogP contribution in [0, 0.1) is 5.92 Å². The van der Waals surface area contributed by atoms with E-state index in [4.69, 9.17) is 9.84 Å². The second-order valence-electron chi connectivity index (χ2n) is 5.71. The zero-order chi connectivity index (χ0) is 15.4. The van der Waals surface area contributed by atoms with E-state index in [9.17, 15) is 19.5 Å². The highest BCUT2D eigenvalue weighted by molar-refractivity contribution is 5.85. The minimum Gasteiger partial charge on any atom is -0.481 e. The number of amides is 1. The number of carboxylic acid groups (broad SMARTS) is 2. The van der Waals surface area contributed by atoms with Crippen molar-refractivity contribution < 1.29 is 29.3 Å². The molecule has 21 heavy (non-hydrogen) atoms. The van der Waals surface area contributed by atoms with Gasteiger partial charge < -0.3 is 19.8 Å². The van der Waals surface area contributed by atoms with Crippen LogP contribution in [0.5, 0.6) is 0 Å². The van der Waals surface area contributed by atoms with Crippen molar-refractivity contribution in [3.05, 3.63) is 0 Å². The summed E-state index contributed by atoms with van der Waals surface area (Å²) in [5.41, 5.74) is 0. The fourth-order valence-corrected chi connectivity index (χ4v) is 2.99. The molecule has 7 heteroatoms. The molecule has 0 aliphatic carbocycles. The number of rotatable bonds is 4. The largest absolute Gasteiger partial charge is 0.481 e. The van der Waals surface area contributed by atoms with E-state index in [0.717, 1.165) is 19.3 Å². The van der Waals surface area contributed by atoms with Gasteiger partial charge in [0.15, 0.2) is 0 Å². The summed E-state index contributed by atoms with van der Waals surface area (Å²) in [4.78, 5) is 35.9. The molecular weight excluding hydrogens is 278 g/mol. The van der Waals surface area contributed by atoms with Crippen LogP contribution in [-0.2, 0) is 19.1 Å². The molecule has 2 saturated heterocycles. The van der Waals surface area contributed by atoms with E-state index >= 15 is 0 Å². The number of nitrogens with zero attached hydrogens (tertiary/aromatic N) is 1. The van der Waals surface area contributed by atoms with Crippen molar-refractivity contribution in [1.29, 1.82) is 0 Å². The van der Waals surface area contributed by atoms with E-state index < -0.39 is 23.9 Å². The van der Waals surface area contributed by atoms with Crippen LogP contribution < -0.4 is 0 Å². The third kappa shape index (κ3) is 3.93. The van der Waals surface area contributed by atoms with Gasteiger partial charge in [-0.3, -0.25) is 9.59 Å². The van der Waals surface area contributed by atoms with Crippen LogP contribution >= 0.6 is 0 Å². The van der Waals surface area contributed by atoms with E-state index in [1.165, 1.54) is 4.90 Å². The fraction of sp³-hybridized carbons (Fsp3) is 0.786. The Kier molecular flexibility index (Phi) is 5.17. The molecule has 7 nitrogen and oxygen atoms in total. The molecular formula is C14H21NO6. The lowest BCUT2D eigenvalue weighted by atomic mass is 9.92. The average molecular weight is 299 g/mol. The molecule has 2 rings (SSSR count). The van der Waals surface area contributed by atoms with Gasteiger partial charge in [0.1, 0.15) is 6.04 Å². The summed E-state index contributed by atoms with van der Waals surface area (Å²) in [5, 5.41) is 18.3. The molecule has 0 aromatic heterocycles. The molecule has 0 saturated carbocycles. The van der Waals surface area contributed by atoms with Crippen molar-refractivity contribution in [3.63, 3.8) is 0 Å². The average Bonchev–Trinajstić information content (AvgIpc) is 2.47.